The number of ether oxygens (including phenoxy) is 2. The number of nitrogens with zero attached hydrogens (tertiary/aromatic N) is 5. The third-order valence-electron chi connectivity index (χ3n) is 7.88. The maximum Gasteiger partial charge on any atom is 0.327 e. The Labute approximate surface area is 268 Å². The Morgan fingerprint density at radius 2 is 1.60 bits per heavy atom. The summed E-state index contributed by atoms with van der Waals surface area (Å²) in [5.41, 5.74) is 5.49. The van der Waals surface area contributed by atoms with Gasteiger partial charge < -0.3 is 30.4 Å². The molecule has 0 radical (unpaired) electrons. The number of amides is 3. The molecule has 5 rings (SSSR count). The first kappa shape index (κ1) is 33.1. The number of fused-ring (bicyclic) bond motifs is 1. The number of benzene rings is 3. The van der Waals surface area contributed by atoms with Gasteiger partial charge in [-0.05, 0) is 56.3 Å². The fourth-order valence-electron chi connectivity index (χ4n) is 5.45. The first-order valence-electron chi connectivity index (χ1n) is 14.7. The summed E-state index contributed by atoms with van der Waals surface area (Å²) < 4.78 is 54.6. The van der Waals surface area contributed by atoms with Crippen LogP contribution >= 0.6 is 0 Å². The smallest absolute Gasteiger partial charge is 0.327 e. The minimum Gasteiger partial charge on any atom is -0.497 e. The van der Waals surface area contributed by atoms with E-state index in [9.17, 15) is 27.6 Å². The Bertz CT molecular complexity index is 1860. The molecule has 1 aliphatic rings. The van der Waals surface area contributed by atoms with Crippen LogP contribution in [0.25, 0.3) is 10.9 Å². The summed E-state index contributed by atoms with van der Waals surface area (Å²) >= 11 is 0. The highest BCUT2D eigenvalue weighted by Crippen LogP contribution is 2.37. The highest BCUT2D eigenvalue weighted by Gasteiger charge is 2.33. The Morgan fingerprint density at radius 3 is 2.21 bits per heavy atom. The number of carbonyl (C=O) groups excluding carboxylic acids is 2. The number of halogens is 3. The lowest BCUT2D eigenvalue weighted by Gasteiger charge is -2.39. The van der Waals surface area contributed by atoms with Crippen LogP contribution < -0.4 is 36.0 Å². The molecule has 1 saturated heterocycles. The molecule has 12 nitrogen and oxygen atoms in total. The van der Waals surface area contributed by atoms with Crippen LogP contribution in [-0.4, -0.2) is 72.9 Å². The van der Waals surface area contributed by atoms with Crippen LogP contribution in [0.2, 0.25) is 0 Å². The predicted molar refractivity (Wildman–Crippen MR) is 170 cm³/mol. The predicted octanol–water partition coefficient (Wildman–Crippen LogP) is 3.76. The molecule has 248 valence electrons. The summed E-state index contributed by atoms with van der Waals surface area (Å²) in [5.74, 6) is -2.50. The maximum atomic E-state index is 14.4. The zero-order valence-corrected chi connectivity index (χ0v) is 26.2. The van der Waals surface area contributed by atoms with Gasteiger partial charge in [0.1, 0.15) is 17.3 Å². The van der Waals surface area contributed by atoms with E-state index in [1.54, 1.807) is 42.0 Å². The van der Waals surface area contributed by atoms with Crippen molar-refractivity contribution in [3.63, 3.8) is 0 Å². The zero-order valence-electron chi connectivity index (χ0n) is 26.2. The molecular formula is C32H34F3N7O5. The van der Waals surface area contributed by atoms with Crippen LogP contribution in [0.15, 0.2) is 59.4 Å². The van der Waals surface area contributed by atoms with Crippen molar-refractivity contribution in [1.82, 2.24) is 14.6 Å². The van der Waals surface area contributed by atoms with Crippen LogP contribution in [0.5, 0.6) is 11.5 Å². The molecule has 1 aromatic heterocycles. The molecule has 0 spiro atoms. The van der Waals surface area contributed by atoms with E-state index < -0.39 is 41.1 Å². The van der Waals surface area contributed by atoms with Gasteiger partial charge in [0.2, 0.25) is 5.91 Å². The maximum absolute atomic E-state index is 14.4. The number of piperazine rings is 1. The van der Waals surface area contributed by atoms with E-state index in [-0.39, 0.29) is 65.9 Å². The molecule has 3 N–H and O–H groups in total. The summed E-state index contributed by atoms with van der Waals surface area (Å²) in [6.07, 6.45) is 0. The lowest BCUT2D eigenvalue weighted by Crippen LogP contribution is -2.58. The monoisotopic (exact) mass is 653 g/mol. The van der Waals surface area contributed by atoms with Crippen LogP contribution in [0.4, 0.5) is 29.3 Å². The van der Waals surface area contributed by atoms with Gasteiger partial charge >= 0.3 is 6.03 Å². The van der Waals surface area contributed by atoms with Gasteiger partial charge in [-0.3, -0.25) is 14.5 Å². The van der Waals surface area contributed by atoms with E-state index in [0.717, 1.165) is 12.1 Å². The largest absolute Gasteiger partial charge is 0.497 e. The van der Waals surface area contributed by atoms with Crippen molar-refractivity contribution in [2.45, 2.75) is 25.9 Å². The minimum atomic E-state index is -1.22. The lowest BCUT2D eigenvalue weighted by molar-refractivity contribution is -0.132. The minimum absolute atomic E-state index is 0.00704. The Hall–Kier alpha value is -5.31. The highest BCUT2D eigenvalue weighted by molar-refractivity contribution is 6.03. The topological polar surface area (TPSA) is 135 Å². The van der Waals surface area contributed by atoms with Crippen molar-refractivity contribution >= 4 is 34.2 Å². The van der Waals surface area contributed by atoms with Crippen molar-refractivity contribution in [2.24, 2.45) is 5.73 Å². The van der Waals surface area contributed by atoms with Crippen LogP contribution in [-0.2, 0) is 4.79 Å². The number of aromatic nitrogens is 2. The third kappa shape index (κ3) is 6.65. The molecule has 2 atom stereocenters. The van der Waals surface area contributed by atoms with Gasteiger partial charge in [-0.25, -0.2) is 27.6 Å². The molecule has 47 heavy (non-hydrogen) atoms. The van der Waals surface area contributed by atoms with Crippen molar-refractivity contribution < 1.29 is 32.2 Å². The zero-order chi connectivity index (χ0) is 34.0. The van der Waals surface area contributed by atoms with E-state index in [2.05, 4.69) is 10.3 Å². The molecule has 2 heterocycles. The number of nitrogens with one attached hydrogen (secondary N) is 1. The Morgan fingerprint density at radius 1 is 0.936 bits per heavy atom. The second kappa shape index (κ2) is 13.6. The van der Waals surface area contributed by atoms with Crippen LogP contribution in [0.3, 0.4) is 0 Å². The number of methoxy groups -OCH3 is 2. The van der Waals surface area contributed by atoms with Crippen LogP contribution in [0, 0.1) is 17.5 Å². The van der Waals surface area contributed by atoms with Gasteiger partial charge in [-0.1, -0.05) is 0 Å². The van der Waals surface area contributed by atoms with Gasteiger partial charge in [0.05, 0.1) is 56.0 Å². The summed E-state index contributed by atoms with van der Waals surface area (Å²) in [6.45, 7) is 3.97. The molecule has 3 aromatic carbocycles. The molecule has 1 unspecified atom stereocenters. The second-order valence-electron chi connectivity index (χ2n) is 11.0. The first-order chi connectivity index (χ1) is 22.4. The van der Waals surface area contributed by atoms with E-state index in [4.69, 9.17) is 15.2 Å². The van der Waals surface area contributed by atoms with Gasteiger partial charge in [-0.15, -0.1) is 0 Å². The molecule has 0 bridgehead atoms. The summed E-state index contributed by atoms with van der Waals surface area (Å²) in [6, 6.07) is 9.00. The summed E-state index contributed by atoms with van der Waals surface area (Å²) in [4.78, 5) is 48.2. The Balaban J connectivity index is 1.67. The number of nitrogens with two attached hydrogens (primary N) is 1. The number of urea groups is 1. The quantitative estimate of drug-likeness (QED) is 0.294. The standard InChI is InChI=1S/C32H34F3N7O5/c1-18(36)30(43)39-11-13-40(14-12-39)42-29(38-26-17-25(35)24(34)16-23(26)31(42)44)19(2)41(27-10-9-22(46-3)15-28(27)47-4)32(45)37-21-7-5-20(33)6-8-21/h5-10,15-19H,11-14,36H2,1-4H3,(H,37,45)/t18-,19?/m0/s1. The summed E-state index contributed by atoms with van der Waals surface area (Å²) in [5, 5.41) is 4.18. The third-order valence-corrected chi connectivity index (χ3v) is 7.88. The van der Waals surface area contributed by atoms with E-state index in [0.29, 0.717) is 5.75 Å². The molecule has 15 heteroatoms. The molecular weight excluding hydrogens is 619 g/mol. The van der Waals surface area contributed by atoms with Gasteiger partial charge in [0, 0.05) is 30.9 Å². The fraction of sp³-hybridized carbons (Fsp3) is 0.312. The second-order valence-corrected chi connectivity index (χ2v) is 11.0. The normalized spacial score (nSPS) is 14.5. The van der Waals surface area contributed by atoms with Crippen molar-refractivity contribution in [1.29, 1.82) is 0 Å². The van der Waals surface area contributed by atoms with Gasteiger partial charge in [0.15, 0.2) is 17.5 Å². The van der Waals surface area contributed by atoms with Crippen molar-refractivity contribution in [2.75, 3.05) is 55.6 Å². The number of hydrogen-bond donors (Lipinski definition) is 2. The number of carbonyl (C=O) groups is 2. The average Bonchev–Trinajstić information content (AvgIpc) is 3.06. The number of rotatable bonds is 8. The van der Waals surface area contributed by atoms with Crippen molar-refractivity contribution in [3.05, 3.63) is 88.2 Å². The Kier molecular flexibility index (Phi) is 9.56. The molecule has 1 fully saturated rings. The molecule has 3 amide bonds. The van der Waals surface area contributed by atoms with Crippen LogP contribution in [0.1, 0.15) is 25.7 Å². The number of hydrogen-bond acceptors (Lipinski definition) is 8. The first-order valence-corrected chi connectivity index (χ1v) is 14.7. The molecule has 4 aromatic rings. The molecule has 0 aliphatic carbocycles. The van der Waals surface area contributed by atoms with Gasteiger partial charge in [0.25, 0.3) is 5.56 Å². The number of anilines is 2. The average molecular weight is 654 g/mol. The van der Waals surface area contributed by atoms with E-state index in [1.165, 1.54) is 48.1 Å². The van der Waals surface area contributed by atoms with E-state index in [1.807, 2.05) is 0 Å². The molecule has 0 saturated carbocycles. The highest BCUT2D eigenvalue weighted by atomic mass is 19.2. The van der Waals surface area contributed by atoms with E-state index >= 15 is 0 Å². The summed E-state index contributed by atoms with van der Waals surface area (Å²) in [7, 11) is 2.88. The lowest BCUT2D eigenvalue weighted by atomic mass is 10.1. The molecule has 1 aliphatic heterocycles. The van der Waals surface area contributed by atoms with Gasteiger partial charge in [-0.2, -0.15) is 0 Å². The fourth-order valence-corrected chi connectivity index (χ4v) is 5.45. The SMILES string of the molecule is COc1ccc(N(C(=O)Nc2ccc(F)cc2)C(C)c2nc3cc(F)c(F)cc3c(=O)n2N2CCN(C(=O)[C@H](C)N)CC2)c(OC)c1. The van der Waals surface area contributed by atoms with Crippen molar-refractivity contribution in [3.8, 4) is 11.5 Å².